The summed E-state index contributed by atoms with van der Waals surface area (Å²) in [5.74, 6) is -0.869. The monoisotopic (exact) mass is 230 g/mol. The predicted octanol–water partition coefficient (Wildman–Crippen LogP) is 4.55. The summed E-state index contributed by atoms with van der Waals surface area (Å²) in [7, 11) is 0. The van der Waals surface area contributed by atoms with Gasteiger partial charge in [0.1, 0.15) is 0 Å². The summed E-state index contributed by atoms with van der Waals surface area (Å²) >= 11 is 0. The number of hydrogen-bond donors (Lipinski definition) is 0. The van der Waals surface area contributed by atoms with Gasteiger partial charge in [0.05, 0.1) is 5.92 Å². The molecule has 1 unspecified atom stereocenters. The number of hydrogen-bond acceptors (Lipinski definition) is 0. The Morgan fingerprint density at radius 1 is 1.00 bits per heavy atom. The molecule has 1 rings (SSSR count). The topological polar surface area (TPSA) is 0 Å². The van der Waals surface area contributed by atoms with Gasteiger partial charge in [0, 0.05) is 0 Å². The molecule has 3 heteroatoms. The van der Waals surface area contributed by atoms with Crippen molar-refractivity contribution in [2.45, 2.75) is 39.3 Å². The lowest BCUT2D eigenvalue weighted by molar-refractivity contribution is -0.146. The molecule has 0 N–H and O–H groups in total. The summed E-state index contributed by atoms with van der Waals surface area (Å²) in [6.07, 6.45) is -3.25. The number of rotatable bonds is 3. The van der Waals surface area contributed by atoms with E-state index in [1.807, 2.05) is 0 Å². The second-order valence-electron chi connectivity index (χ2n) is 4.60. The van der Waals surface area contributed by atoms with Gasteiger partial charge in [-0.25, -0.2) is 0 Å². The molecule has 90 valence electrons. The first-order valence-electron chi connectivity index (χ1n) is 5.46. The molecule has 0 aromatic heterocycles. The maximum absolute atomic E-state index is 12.4. The molecule has 0 spiro atoms. The van der Waals surface area contributed by atoms with Crippen LogP contribution in [-0.4, -0.2) is 6.18 Å². The van der Waals surface area contributed by atoms with Crippen molar-refractivity contribution in [1.82, 2.24) is 0 Å². The lowest BCUT2D eigenvalue weighted by Crippen LogP contribution is -2.17. The normalized spacial score (nSPS) is 14.2. The van der Waals surface area contributed by atoms with Crippen LogP contribution in [0.3, 0.4) is 0 Å². The molecule has 0 aliphatic heterocycles. The molecular weight excluding hydrogens is 213 g/mol. The zero-order chi connectivity index (χ0) is 12.3. The van der Waals surface area contributed by atoms with E-state index >= 15 is 0 Å². The Hall–Kier alpha value is -0.990. The molecule has 1 atom stereocenters. The lowest BCUT2D eigenvalue weighted by Gasteiger charge is -2.16. The lowest BCUT2D eigenvalue weighted by atomic mass is 9.96. The molecule has 0 saturated heterocycles. The summed E-state index contributed by atoms with van der Waals surface area (Å²) in [5, 5.41) is 0. The van der Waals surface area contributed by atoms with Crippen LogP contribution >= 0.6 is 0 Å². The highest BCUT2D eigenvalue weighted by molar-refractivity contribution is 5.26. The second-order valence-corrected chi connectivity index (χ2v) is 4.60. The third kappa shape index (κ3) is 3.54. The van der Waals surface area contributed by atoms with E-state index in [2.05, 4.69) is 13.8 Å². The van der Waals surface area contributed by atoms with Crippen LogP contribution in [0.5, 0.6) is 0 Å². The van der Waals surface area contributed by atoms with Crippen molar-refractivity contribution in [2.24, 2.45) is 5.92 Å². The summed E-state index contributed by atoms with van der Waals surface area (Å²) in [6, 6.07) is 6.74. The van der Waals surface area contributed by atoms with Crippen molar-refractivity contribution in [3.8, 4) is 0 Å². The molecule has 0 radical (unpaired) electrons. The van der Waals surface area contributed by atoms with Gasteiger partial charge in [0.15, 0.2) is 0 Å². The average molecular weight is 230 g/mol. The van der Waals surface area contributed by atoms with Crippen LogP contribution in [0.2, 0.25) is 0 Å². The molecular formula is C13H17F3. The fraction of sp³-hybridized carbons (Fsp3) is 0.538. The van der Waals surface area contributed by atoms with Crippen LogP contribution in [-0.2, 0) is 6.42 Å². The summed E-state index contributed by atoms with van der Waals surface area (Å²) in [6.45, 7) is 5.37. The fourth-order valence-electron chi connectivity index (χ4n) is 1.60. The van der Waals surface area contributed by atoms with Gasteiger partial charge in [-0.1, -0.05) is 38.1 Å². The SMILES string of the molecule is CC(C)Cc1ccc(C(C)C(F)(F)F)cc1. The van der Waals surface area contributed by atoms with E-state index in [1.54, 1.807) is 24.3 Å². The van der Waals surface area contributed by atoms with Gasteiger partial charge < -0.3 is 0 Å². The molecule has 0 aliphatic carbocycles. The van der Waals surface area contributed by atoms with Crippen LogP contribution in [0.1, 0.15) is 37.8 Å². The molecule has 0 saturated carbocycles. The zero-order valence-corrected chi connectivity index (χ0v) is 9.81. The quantitative estimate of drug-likeness (QED) is 0.714. The van der Waals surface area contributed by atoms with Crippen molar-refractivity contribution in [2.75, 3.05) is 0 Å². The highest BCUT2D eigenvalue weighted by atomic mass is 19.4. The molecule has 0 aliphatic rings. The van der Waals surface area contributed by atoms with Crippen LogP contribution in [0, 0.1) is 5.92 Å². The standard InChI is InChI=1S/C13H17F3/c1-9(2)8-11-4-6-12(7-5-11)10(3)13(14,15)16/h4-7,9-10H,8H2,1-3H3. The Balaban J connectivity index is 2.79. The average Bonchev–Trinajstić information content (AvgIpc) is 2.15. The van der Waals surface area contributed by atoms with Gasteiger partial charge in [0.25, 0.3) is 0 Å². The highest BCUT2D eigenvalue weighted by Crippen LogP contribution is 2.34. The maximum Gasteiger partial charge on any atom is 0.395 e. The second kappa shape index (κ2) is 4.89. The summed E-state index contributed by atoms with van der Waals surface area (Å²) in [5.41, 5.74) is 1.42. The first-order valence-corrected chi connectivity index (χ1v) is 5.46. The van der Waals surface area contributed by atoms with E-state index < -0.39 is 12.1 Å². The first kappa shape index (κ1) is 13.1. The van der Waals surface area contributed by atoms with Gasteiger partial charge in [0.2, 0.25) is 0 Å². The molecule has 0 nitrogen and oxygen atoms in total. The van der Waals surface area contributed by atoms with Gasteiger partial charge in [-0.3, -0.25) is 0 Å². The van der Waals surface area contributed by atoms with Crippen molar-refractivity contribution in [1.29, 1.82) is 0 Å². The Morgan fingerprint density at radius 2 is 1.50 bits per heavy atom. The van der Waals surface area contributed by atoms with Gasteiger partial charge in [-0.05, 0) is 30.4 Å². The Bertz CT molecular complexity index is 322. The Labute approximate surface area is 94.5 Å². The van der Waals surface area contributed by atoms with Crippen LogP contribution in [0.4, 0.5) is 13.2 Å². The van der Waals surface area contributed by atoms with E-state index in [0.29, 0.717) is 11.5 Å². The molecule has 0 fully saturated rings. The predicted molar refractivity (Wildman–Crippen MR) is 59.5 cm³/mol. The van der Waals surface area contributed by atoms with Crippen LogP contribution in [0.25, 0.3) is 0 Å². The van der Waals surface area contributed by atoms with Crippen molar-refractivity contribution < 1.29 is 13.2 Å². The Morgan fingerprint density at radius 3 is 1.88 bits per heavy atom. The minimum atomic E-state index is -4.15. The number of halogens is 3. The van der Waals surface area contributed by atoms with E-state index in [4.69, 9.17) is 0 Å². The smallest absolute Gasteiger partial charge is 0.170 e. The molecule has 0 heterocycles. The minimum Gasteiger partial charge on any atom is -0.170 e. The zero-order valence-electron chi connectivity index (χ0n) is 9.81. The van der Waals surface area contributed by atoms with Gasteiger partial charge in [-0.15, -0.1) is 0 Å². The number of alkyl halides is 3. The van der Waals surface area contributed by atoms with E-state index in [9.17, 15) is 13.2 Å². The fourth-order valence-corrected chi connectivity index (χ4v) is 1.60. The largest absolute Gasteiger partial charge is 0.395 e. The van der Waals surface area contributed by atoms with Crippen molar-refractivity contribution >= 4 is 0 Å². The molecule has 1 aromatic carbocycles. The van der Waals surface area contributed by atoms with Crippen molar-refractivity contribution in [3.63, 3.8) is 0 Å². The Kier molecular flexibility index (Phi) is 4.00. The first-order chi connectivity index (χ1) is 7.30. The summed E-state index contributed by atoms with van der Waals surface area (Å²) < 4.78 is 37.3. The maximum atomic E-state index is 12.4. The third-order valence-electron chi connectivity index (χ3n) is 2.61. The van der Waals surface area contributed by atoms with E-state index in [-0.39, 0.29) is 0 Å². The van der Waals surface area contributed by atoms with Crippen molar-refractivity contribution in [3.05, 3.63) is 35.4 Å². The third-order valence-corrected chi connectivity index (χ3v) is 2.61. The molecule has 0 amide bonds. The minimum absolute atomic E-state index is 0.333. The molecule has 1 aromatic rings. The summed E-state index contributed by atoms with van der Waals surface area (Å²) in [4.78, 5) is 0. The van der Waals surface area contributed by atoms with Gasteiger partial charge >= 0.3 is 6.18 Å². The molecule has 16 heavy (non-hydrogen) atoms. The number of benzene rings is 1. The van der Waals surface area contributed by atoms with Crippen LogP contribution in [0.15, 0.2) is 24.3 Å². The highest BCUT2D eigenvalue weighted by Gasteiger charge is 2.36. The van der Waals surface area contributed by atoms with E-state index in [0.717, 1.165) is 12.0 Å². The molecule has 0 bridgehead atoms. The van der Waals surface area contributed by atoms with Gasteiger partial charge in [-0.2, -0.15) is 13.2 Å². The van der Waals surface area contributed by atoms with Crippen LogP contribution < -0.4 is 0 Å². The van der Waals surface area contributed by atoms with E-state index in [1.165, 1.54) is 6.92 Å².